The molecule has 8 heteroatoms. The molecule has 0 aromatic carbocycles. The average molecular weight is 298 g/mol. The number of aryl methyl sites for hydroxylation is 1. The van der Waals surface area contributed by atoms with Gasteiger partial charge in [0.25, 0.3) is 10.0 Å². The van der Waals surface area contributed by atoms with Gasteiger partial charge >= 0.3 is 0 Å². The van der Waals surface area contributed by atoms with Crippen molar-refractivity contribution < 1.29 is 13.2 Å². The highest BCUT2D eigenvalue weighted by Gasteiger charge is 2.47. The number of carbonyl (C=O) groups excluding carboxylic acids is 1. The second kappa shape index (κ2) is 4.56. The van der Waals surface area contributed by atoms with Crippen molar-refractivity contribution in [2.75, 3.05) is 13.6 Å². The van der Waals surface area contributed by atoms with Crippen molar-refractivity contribution in [2.24, 2.45) is 7.05 Å². The Balaban J connectivity index is 1.90. The van der Waals surface area contributed by atoms with Crippen LogP contribution in [0.15, 0.2) is 17.6 Å². The average Bonchev–Trinajstić information content (AvgIpc) is 3.00. The number of likely N-dealkylation sites (tertiary alicyclic amines) is 1. The maximum Gasteiger partial charge on any atom is 0.262 e. The lowest BCUT2D eigenvalue weighted by Crippen LogP contribution is -2.51. The predicted octanol–water partition coefficient (Wildman–Crippen LogP) is -0.196. The molecule has 2 aliphatic heterocycles. The maximum atomic E-state index is 12.6. The summed E-state index contributed by atoms with van der Waals surface area (Å²) in [7, 11) is -0.0639. The number of hydrogen-bond acceptors (Lipinski definition) is 4. The van der Waals surface area contributed by atoms with Gasteiger partial charge in [0, 0.05) is 45.3 Å². The second-order valence-electron chi connectivity index (χ2n) is 5.46. The fraction of sp³-hybridized carbons (Fsp3) is 0.667. The first-order valence-corrected chi connectivity index (χ1v) is 8.11. The van der Waals surface area contributed by atoms with Gasteiger partial charge in [-0.3, -0.25) is 4.79 Å². The van der Waals surface area contributed by atoms with Crippen LogP contribution in [0.4, 0.5) is 0 Å². The van der Waals surface area contributed by atoms with Gasteiger partial charge in [-0.1, -0.05) is 0 Å². The molecule has 7 nitrogen and oxygen atoms in total. The van der Waals surface area contributed by atoms with E-state index in [-0.39, 0.29) is 23.0 Å². The van der Waals surface area contributed by atoms with Crippen LogP contribution in [0.2, 0.25) is 0 Å². The summed E-state index contributed by atoms with van der Waals surface area (Å²) in [6.45, 7) is 0.450. The first-order valence-electron chi connectivity index (χ1n) is 6.67. The van der Waals surface area contributed by atoms with E-state index in [2.05, 4.69) is 4.98 Å². The van der Waals surface area contributed by atoms with Gasteiger partial charge in [0.1, 0.15) is 0 Å². The van der Waals surface area contributed by atoms with E-state index in [0.717, 1.165) is 0 Å². The van der Waals surface area contributed by atoms with E-state index in [0.29, 0.717) is 25.8 Å². The molecule has 0 N–H and O–H groups in total. The van der Waals surface area contributed by atoms with Crippen molar-refractivity contribution in [3.63, 3.8) is 0 Å². The lowest BCUT2D eigenvalue weighted by Gasteiger charge is -2.36. The predicted molar refractivity (Wildman–Crippen MR) is 71.3 cm³/mol. The van der Waals surface area contributed by atoms with Crippen LogP contribution in [0.25, 0.3) is 0 Å². The molecule has 2 atom stereocenters. The highest BCUT2D eigenvalue weighted by molar-refractivity contribution is 7.89. The van der Waals surface area contributed by atoms with Crippen molar-refractivity contribution >= 4 is 15.9 Å². The number of imidazole rings is 1. The van der Waals surface area contributed by atoms with Gasteiger partial charge in [0.15, 0.2) is 5.03 Å². The largest absolute Gasteiger partial charge is 0.341 e. The van der Waals surface area contributed by atoms with Crippen molar-refractivity contribution in [2.45, 2.75) is 36.4 Å². The number of sulfonamides is 1. The smallest absolute Gasteiger partial charge is 0.262 e. The fourth-order valence-electron chi connectivity index (χ4n) is 3.17. The SMILES string of the molecule is CN1C(=O)CC[C@@H]2[C@H]1CCN2S(=O)(=O)c1cn(C)cn1. The van der Waals surface area contributed by atoms with Gasteiger partial charge in [-0.25, -0.2) is 13.4 Å². The quantitative estimate of drug-likeness (QED) is 0.758. The summed E-state index contributed by atoms with van der Waals surface area (Å²) in [5.41, 5.74) is 0. The summed E-state index contributed by atoms with van der Waals surface area (Å²) < 4.78 is 28.4. The second-order valence-corrected chi connectivity index (χ2v) is 7.30. The Hall–Kier alpha value is -1.41. The Bertz CT molecular complexity index is 639. The van der Waals surface area contributed by atoms with Gasteiger partial charge in [-0.15, -0.1) is 0 Å². The van der Waals surface area contributed by atoms with Crippen LogP contribution in [0, 0.1) is 0 Å². The topological polar surface area (TPSA) is 75.5 Å². The number of rotatable bonds is 2. The molecule has 0 saturated carbocycles. The maximum absolute atomic E-state index is 12.6. The molecule has 0 unspecified atom stereocenters. The minimum Gasteiger partial charge on any atom is -0.341 e. The van der Waals surface area contributed by atoms with Gasteiger partial charge in [0.2, 0.25) is 5.91 Å². The molecule has 0 aliphatic carbocycles. The molecule has 0 spiro atoms. The summed E-state index contributed by atoms with van der Waals surface area (Å²) in [5.74, 6) is 0.100. The summed E-state index contributed by atoms with van der Waals surface area (Å²) in [4.78, 5) is 17.4. The minimum atomic E-state index is -3.57. The molecule has 110 valence electrons. The number of hydrogen-bond donors (Lipinski definition) is 0. The zero-order valence-electron chi connectivity index (χ0n) is 11.6. The third-order valence-electron chi connectivity index (χ3n) is 4.26. The van der Waals surface area contributed by atoms with Crippen LogP contribution in [0.1, 0.15) is 19.3 Å². The fourth-order valence-corrected chi connectivity index (χ4v) is 4.84. The summed E-state index contributed by atoms with van der Waals surface area (Å²) >= 11 is 0. The van der Waals surface area contributed by atoms with Crippen molar-refractivity contribution in [3.05, 3.63) is 12.5 Å². The zero-order chi connectivity index (χ0) is 14.5. The van der Waals surface area contributed by atoms with E-state index in [1.54, 1.807) is 23.6 Å². The number of nitrogens with zero attached hydrogens (tertiary/aromatic N) is 4. The van der Waals surface area contributed by atoms with E-state index in [1.165, 1.54) is 16.8 Å². The Morgan fingerprint density at radius 1 is 1.25 bits per heavy atom. The van der Waals surface area contributed by atoms with E-state index >= 15 is 0 Å². The molecular weight excluding hydrogens is 280 g/mol. The molecule has 2 fully saturated rings. The van der Waals surface area contributed by atoms with Crippen LogP contribution in [0.5, 0.6) is 0 Å². The number of likely N-dealkylation sites (N-methyl/N-ethyl adjacent to an activating group) is 1. The first-order chi connectivity index (χ1) is 9.41. The molecule has 1 aromatic heterocycles. The normalized spacial score (nSPS) is 27.9. The first kappa shape index (κ1) is 13.6. The highest BCUT2D eigenvalue weighted by atomic mass is 32.2. The van der Waals surface area contributed by atoms with Crippen LogP contribution in [0.3, 0.4) is 0 Å². The highest BCUT2D eigenvalue weighted by Crippen LogP contribution is 2.33. The number of aromatic nitrogens is 2. The van der Waals surface area contributed by atoms with Crippen molar-refractivity contribution in [1.82, 2.24) is 18.8 Å². The summed E-state index contributed by atoms with van der Waals surface area (Å²) in [6, 6.07) is -0.126. The Morgan fingerprint density at radius 2 is 2.00 bits per heavy atom. The van der Waals surface area contributed by atoms with E-state index < -0.39 is 10.0 Å². The molecule has 2 aliphatic rings. The van der Waals surface area contributed by atoms with Crippen LogP contribution < -0.4 is 0 Å². The Morgan fingerprint density at radius 3 is 2.65 bits per heavy atom. The molecule has 0 radical (unpaired) electrons. The van der Waals surface area contributed by atoms with E-state index in [9.17, 15) is 13.2 Å². The molecule has 0 bridgehead atoms. The molecule has 20 heavy (non-hydrogen) atoms. The molecule has 1 amide bonds. The number of amides is 1. The van der Waals surface area contributed by atoms with Crippen LogP contribution in [-0.2, 0) is 21.9 Å². The van der Waals surface area contributed by atoms with E-state index in [4.69, 9.17) is 0 Å². The van der Waals surface area contributed by atoms with Crippen molar-refractivity contribution in [1.29, 1.82) is 0 Å². The molecular formula is C12H18N4O3S. The number of carbonyl (C=O) groups is 1. The molecule has 2 saturated heterocycles. The van der Waals surface area contributed by atoms with Gasteiger partial charge in [-0.05, 0) is 12.8 Å². The minimum absolute atomic E-state index is 0.00487. The third-order valence-corrected chi connectivity index (χ3v) is 6.07. The molecule has 3 heterocycles. The van der Waals surface area contributed by atoms with Gasteiger partial charge in [0.05, 0.1) is 6.33 Å². The monoisotopic (exact) mass is 298 g/mol. The van der Waals surface area contributed by atoms with Gasteiger partial charge < -0.3 is 9.47 Å². The third kappa shape index (κ3) is 1.94. The molecule has 1 aromatic rings. The number of piperidine rings is 1. The van der Waals surface area contributed by atoms with Gasteiger partial charge in [-0.2, -0.15) is 4.31 Å². The zero-order valence-corrected chi connectivity index (χ0v) is 12.4. The standard InChI is InChI=1S/C12H18N4O3S/c1-14-7-11(13-8-14)20(18,19)16-6-5-9-10(16)3-4-12(17)15(9)2/h7-10H,3-6H2,1-2H3/t9-,10-/m1/s1. The Kier molecular flexibility index (Phi) is 3.09. The van der Waals surface area contributed by atoms with E-state index in [1.807, 2.05) is 0 Å². The summed E-state index contributed by atoms with van der Waals surface area (Å²) in [6.07, 6.45) is 4.70. The lowest BCUT2D eigenvalue weighted by atomic mass is 9.98. The lowest BCUT2D eigenvalue weighted by molar-refractivity contribution is -0.135. The molecule has 3 rings (SSSR count). The Labute approximate surface area is 118 Å². The van der Waals surface area contributed by atoms with Crippen molar-refractivity contribution in [3.8, 4) is 0 Å². The summed E-state index contributed by atoms with van der Waals surface area (Å²) in [5, 5.41) is 0.0835. The van der Waals surface area contributed by atoms with Crippen LogP contribution >= 0.6 is 0 Å². The van der Waals surface area contributed by atoms with Crippen LogP contribution in [-0.4, -0.2) is 58.8 Å². The number of fused-ring (bicyclic) bond motifs is 1.